The molecule has 2 aromatic rings. The Balaban J connectivity index is 2.22. The van der Waals surface area contributed by atoms with E-state index in [9.17, 15) is 8.42 Å². The molecule has 1 atom stereocenters. The number of hydrogen-bond acceptors (Lipinski definition) is 5. The summed E-state index contributed by atoms with van der Waals surface area (Å²) in [6, 6.07) is 13.8. The molecule has 1 N–H and O–H groups in total. The van der Waals surface area contributed by atoms with Crippen molar-refractivity contribution in [3.05, 3.63) is 54.1 Å². The zero-order valence-electron chi connectivity index (χ0n) is 14.6. The zero-order valence-corrected chi connectivity index (χ0v) is 15.4. The van der Waals surface area contributed by atoms with Crippen LogP contribution in [0.3, 0.4) is 0 Å². The molecule has 0 heterocycles. The van der Waals surface area contributed by atoms with Gasteiger partial charge >= 0.3 is 0 Å². The van der Waals surface area contributed by atoms with Gasteiger partial charge in [0.25, 0.3) is 0 Å². The summed E-state index contributed by atoms with van der Waals surface area (Å²) in [7, 11) is 0.781. The minimum atomic E-state index is -3.72. The van der Waals surface area contributed by atoms with Gasteiger partial charge in [0.1, 0.15) is 0 Å². The fourth-order valence-electron chi connectivity index (χ4n) is 2.51. The number of hydrogen-bond donors (Lipinski definition) is 1. The van der Waals surface area contributed by atoms with E-state index in [-0.39, 0.29) is 17.5 Å². The predicted octanol–water partition coefficient (Wildman–Crippen LogP) is 2.24. The van der Waals surface area contributed by atoms with Crippen molar-refractivity contribution in [2.24, 2.45) is 0 Å². The van der Waals surface area contributed by atoms with Crippen LogP contribution in [0.5, 0.6) is 11.5 Å². The number of nitrogens with one attached hydrogen (secondary N) is 1. The van der Waals surface area contributed by atoms with Gasteiger partial charge in [-0.05, 0) is 24.1 Å². The minimum Gasteiger partial charge on any atom is -0.493 e. The van der Waals surface area contributed by atoms with Gasteiger partial charge in [0.15, 0.2) is 11.5 Å². The molecule has 0 aliphatic heterocycles. The third-order valence-corrected chi connectivity index (χ3v) is 5.20. The quantitative estimate of drug-likeness (QED) is 0.738. The van der Waals surface area contributed by atoms with E-state index in [4.69, 9.17) is 14.2 Å². The van der Waals surface area contributed by atoms with Crippen molar-refractivity contribution in [1.82, 2.24) is 4.72 Å². The zero-order chi connectivity index (χ0) is 18.3. The van der Waals surface area contributed by atoms with Gasteiger partial charge in [-0.3, -0.25) is 0 Å². The van der Waals surface area contributed by atoms with Gasteiger partial charge in [0.05, 0.1) is 25.7 Å². The molecule has 0 fully saturated rings. The van der Waals surface area contributed by atoms with Crippen LogP contribution in [0.1, 0.15) is 5.56 Å². The largest absolute Gasteiger partial charge is 0.493 e. The van der Waals surface area contributed by atoms with Crippen molar-refractivity contribution in [1.29, 1.82) is 0 Å². The maximum absolute atomic E-state index is 12.7. The van der Waals surface area contributed by atoms with Crippen LogP contribution >= 0.6 is 0 Å². The lowest BCUT2D eigenvalue weighted by molar-refractivity contribution is 0.174. The average molecular weight is 365 g/mol. The lowest BCUT2D eigenvalue weighted by atomic mass is 10.1. The highest BCUT2D eigenvalue weighted by molar-refractivity contribution is 7.89. The highest BCUT2D eigenvalue weighted by Gasteiger charge is 2.22. The Labute approximate surface area is 148 Å². The van der Waals surface area contributed by atoms with Gasteiger partial charge in [-0.25, -0.2) is 13.1 Å². The summed E-state index contributed by atoms with van der Waals surface area (Å²) in [6.45, 7) is 0.265. The number of benzene rings is 2. The highest BCUT2D eigenvalue weighted by atomic mass is 32.2. The lowest BCUT2D eigenvalue weighted by Crippen LogP contribution is -2.39. The minimum absolute atomic E-state index is 0.110. The number of ether oxygens (including phenoxy) is 3. The molecule has 0 aliphatic rings. The summed E-state index contributed by atoms with van der Waals surface area (Å²) in [5.74, 6) is 0.830. The van der Waals surface area contributed by atoms with Crippen LogP contribution in [0.25, 0.3) is 0 Å². The van der Waals surface area contributed by atoms with Crippen molar-refractivity contribution in [3.8, 4) is 11.5 Å². The van der Waals surface area contributed by atoms with Gasteiger partial charge in [0.2, 0.25) is 10.0 Å². The number of rotatable bonds is 9. The molecule has 0 radical (unpaired) electrons. The molecular weight excluding hydrogens is 342 g/mol. The summed E-state index contributed by atoms with van der Waals surface area (Å²) in [5, 5.41) is 0. The Kier molecular flexibility index (Phi) is 6.81. The monoisotopic (exact) mass is 365 g/mol. The molecule has 0 bridgehead atoms. The highest BCUT2D eigenvalue weighted by Crippen LogP contribution is 2.29. The molecule has 6 nitrogen and oxygen atoms in total. The van der Waals surface area contributed by atoms with Crippen molar-refractivity contribution in [2.45, 2.75) is 17.4 Å². The molecule has 0 saturated heterocycles. The Morgan fingerprint density at radius 3 is 2.24 bits per heavy atom. The Morgan fingerprint density at radius 1 is 0.960 bits per heavy atom. The molecule has 136 valence electrons. The summed E-state index contributed by atoms with van der Waals surface area (Å²) in [5.41, 5.74) is 1.03. The predicted molar refractivity (Wildman–Crippen MR) is 95.7 cm³/mol. The van der Waals surface area contributed by atoms with E-state index < -0.39 is 10.0 Å². The first-order chi connectivity index (χ1) is 12.0. The molecule has 2 aromatic carbocycles. The Bertz CT molecular complexity index is 777. The van der Waals surface area contributed by atoms with Crippen LogP contribution in [0.15, 0.2) is 53.4 Å². The SMILES string of the molecule is COC[C@H](Cc1ccccc1)NS(=O)(=O)c1ccc(OC)c(OC)c1. The first-order valence-electron chi connectivity index (χ1n) is 7.77. The van der Waals surface area contributed by atoms with E-state index in [1.807, 2.05) is 30.3 Å². The maximum Gasteiger partial charge on any atom is 0.241 e. The third kappa shape index (κ3) is 5.19. The molecule has 0 aromatic heterocycles. The molecule has 7 heteroatoms. The summed E-state index contributed by atoms with van der Waals surface area (Å²) < 4.78 is 43.6. The molecule has 0 spiro atoms. The van der Waals surface area contributed by atoms with E-state index in [0.717, 1.165) is 5.56 Å². The van der Waals surface area contributed by atoms with E-state index in [0.29, 0.717) is 17.9 Å². The molecular formula is C18H23NO5S. The van der Waals surface area contributed by atoms with Crippen LogP contribution in [-0.4, -0.2) is 42.4 Å². The van der Waals surface area contributed by atoms with Crippen LogP contribution in [0, 0.1) is 0 Å². The van der Waals surface area contributed by atoms with Crippen LogP contribution in [0.4, 0.5) is 0 Å². The van der Waals surface area contributed by atoms with E-state index in [2.05, 4.69) is 4.72 Å². The molecule has 0 saturated carbocycles. The van der Waals surface area contributed by atoms with E-state index >= 15 is 0 Å². The fourth-order valence-corrected chi connectivity index (χ4v) is 3.74. The normalized spacial score (nSPS) is 12.6. The second kappa shape index (κ2) is 8.84. The first-order valence-corrected chi connectivity index (χ1v) is 9.25. The van der Waals surface area contributed by atoms with Gasteiger partial charge in [0, 0.05) is 19.2 Å². The van der Waals surface area contributed by atoms with Crippen molar-refractivity contribution < 1.29 is 22.6 Å². The molecule has 0 unspecified atom stereocenters. The van der Waals surface area contributed by atoms with Crippen molar-refractivity contribution in [3.63, 3.8) is 0 Å². The van der Waals surface area contributed by atoms with Crippen LogP contribution in [-0.2, 0) is 21.2 Å². The Morgan fingerprint density at radius 2 is 1.64 bits per heavy atom. The van der Waals surface area contributed by atoms with Crippen molar-refractivity contribution in [2.75, 3.05) is 27.9 Å². The van der Waals surface area contributed by atoms with Gasteiger partial charge in [-0.1, -0.05) is 30.3 Å². The summed E-state index contributed by atoms with van der Waals surface area (Å²) in [4.78, 5) is 0.110. The van der Waals surface area contributed by atoms with Gasteiger partial charge in [-0.2, -0.15) is 0 Å². The molecule has 0 amide bonds. The van der Waals surface area contributed by atoms with Crippen LogP contribution < -0.4 is 14.2 Å². The second-order valence-corrected chi connectivity index (χ2v) is 7.19. The summed E-state index contributed by atoms with van der Waals surface area (Å²) in [6.07, 6.45) is 0.529. The molecule has 0 aliphatic carbocycles. The molecule has 25 heavy (non-hydrogen) atoms. The van der Waals surface area contributed by atoms with Gasteiger partial charge < -0.3 is 14.2 Å². The van der Waals surface area contributed by atoms with Crippen molar-refractivity contribution >= 4 is 10.0 Å². The van der Waals surface area contributed by atoms with Gasteiger partial charge in [-0.15, -0.1) is 0 Å². The van der Waals surface area contributed by atoms with E-state index in [1.54, 1.807) is 13.2 Å². The second-order valence-electron chi connectivity index (χ2n) is 5.48. The number of sulfonamides is 1. The molecule has 2 rings (SSSR count). The lowest BCUT2D eigenvalue weighted by Gasteiger charge is -2.19. The average Bonchev–Trinajstić information content (AvgIpc) is 2.61. The topological polar surface area (TPSA) is 73.9 Å². The van der Waals surface area contributed by atoms with Crippen LogP contribution in [0.2, 0.25) is 0 Å². The smallest absolute Gasteiger partial charge is 0.241 e. The fraction of sp³-hybridized carbons (Fsp3) is 0.333. The van der Waals surface area contributed by atoms with E-state index in [1.165, 1.54) is 26.4 Å². The standard InChI is InChI=1S/C18H23NO5S/c1-22-13-15(11-14-7-5-4-6-8-14)19-25(20,21)16-9-10-17(23-2)18(12-16)24-3/h4-10,12,15,19H,11,13H2,1-3H3/t15-/m0/s1. The number of methoxy groups -OCH3 is 3. The Hall–Kier alpha value is -2.09. The third-order valence-electron chi connectivity index (χ3n) is 3.68. The first kappa shape index (κ1) is 19.2. The summed E-state index contributed by atoms with van der Waals surface area (Å²) >= 11 is 0. The maximum atomic E-state index is 12.7.